The first kappa shape index (κ1) is 20.8. The third-order valence-electron chi connectivity index (χ3n) is 5.48. The van der Waals surface area contributed by atoms with E-state index >= 15 is 0 Å². The molecule has 1 saturated heterocycles. The maximum atomic E-state index is 13.0. The highest BCUT2D eigenvalue weighted by molar-refractivity contribution is 9.10. The maximum absolute atomic E-state index is 13.0. The lowest BCUT2D eigenvalue weighted by Gasteiger charge is -2.35. The number of aromatic nitrogens is 5. The molecule has 2 aromatic heterocycles. The monoisotopic (exact) mass is 511 g/mol. The van der Waals surface area contributed by atoms with Crippen LogP contribution in [0.25, 0.3) is 11.2 Å². The van der Waals surface area contributed by atoms with Crippen molar-refractivity contribution in [1.29, 1.82) is 0 Å². The number of amides is 1. The quantitative estimate of drug-likeness (QED) is 0.415. The molecule has 1 fully saturated rings. The number of benzene rings is 2. The Kier molecular flexibility index (Phi) is 5.75. The van der Waals surface area contributed by atoms with E-state index < -0.39 is 0 Å². The van der Waals surface area contributed by atoms with Gasteiger partial charge in [0.05, 0.1) is 17.1 Å². The molecule has 1 aliphatic heterocycles. The van der Waals surface area contributed by atoms with E-state index in [0.29, 0.717) is 54.5 Å². The maximum Gasteiger partial charge on any atom is 0.255 e. The van der Waals surface area contributed by atoms with Gasteiger partial charge in [0.1, 0.15) is 6.33 Å². The first-order valence-electron chi connectivity index (χ1n) is 10.2. The van der Waals surface area contributed by atoms with Gasteiger partial charge in [-0.3, -0.25) is 4.79 Å². The number of anilines is 1. The number of rotatable bonds is 4. The van der Waals surface area contributed by atoms with E-state index in [1.54, 1.807) is 23.1 Å². The molecule has 4 aromatic rings. The van der Waals surface area contributed by atoms with Gasteiger partial charge in [-0.2, -0.15) is 0 Å². The average Bonchev–Trinajstić information content (AvgIpc) is 3.24. The van der Waals surface area contributed by atoms with Crippen molar-refractivity contribution >= 4 is 50.4 Å². The van der Waals surface area contributed by atoms with Gasteiger partial charge < -0.3 is 9.80 Å². The first-order chi connectivity index (χ1) is 15.6. The highest BCUT2D eigenvalue weighted by atomic mass is 79.9. The molecule has 8 nitrogen and oxygen atoms in total. The fraction of sp³-hybridized carbons (Fsp3) is 0.227. The summed E-state index contributed by atoms with van der Waals surface area (Å²) >= 11 is 9.66. The van der Waals surface area contributed by atoms with E-state index in [9.17, 15) is 4.79 Å². The van der Waals surface area contributed by atoms with Gasteiger partial charge >= 0.3 is 0 Å². The summed E-state index contributed by atoms with van der Waals surface area (Å²) < 4.78 is 2.61. The molecule has 162 valence electrons. The van der Waals surface area contributed by atoms with Crippen molar-refractivity contribution in [3.05, 3.63) is 75.5 Å². The zero-order valence-electron chi connectivity index (χ0n) is 17.0. The van der Waals surface area contributed by atoms with Crippen LogP contribution in [0, 0.1) is 0 Å². The van der Waals surface area contributed by atoms with Gasteiger partial charge in [-0.25, -0.2) is 14.6 Å². The number of carbonyl (C=O) groups excluding carboxylic acids is 1. The number of nitrogens with zero attached hydrogens (tertiary/aromatic N) is 7. The summed E-state index contributed by atoms with van der Waals surface area (Å²) in [5, 5.41) is 9.11. The van der Waals surface area contributed by atoms with Gasteiger partial charge in [0.2, 0.25) is 0 Å². The summed E-state index contributed by atoms with van der Waals surface area (Å²) in [5.41, 5.74) is 2.98. The minimum atomic E-state index is -0.0717. The first-order valence-corrected chi connectivity index (χ1v) is 11.3. The number of hydrogen-bond acceptors (Lipinski definition) is 6. The van der Waals surface area contributed by atoms with Crippen molar-refractivity contribution in [3.8, 4) is 0 Å². The molecule has 0 aliphatic carbocycles. The Labute approximate surface area is 197 Å². The molecular weight excluding hydrogens is 494 g/mol. The van der Waals surface area contributed by atoms with Gasteiger partial charge in [-0.15, -0.1) is 5.10 Å². The van der Waals surface area contributed by atoms with Gasteiger partial charge in [0.15, 0.2) is 17.0 Å². The number of fused-ring (bicyclic) bond motifs is 1. The van der Waals surface area contributed by atoms with Crippen LogP contribution in [-0.2, 0) is 6.54 Å². The van der Waals surface area contributed by atoms with Crippen LogP contribution in [0.2, 0.25) is 5.02 Å². The lowest BCUT2D eigenvalue weighted by atomic mass is 10.2. The Bertz CT molecular complexity index is 1270. The predicted octanol–water partition coefficient (Wildman–Crippen LogP) is 3.65. The molecule has 0 saturated carbocycles. The van der Waals surface area contributed by atoms with Crippen molar-refractivity contribution in [1.82, 2.24) is 29.9 Å². The Balaban J connectivity index is 1.33. The molecule has 2 aromatic carbocycles. The lowest BCUT2D eigenvalue weighted by molar-refractivity contribution is 0.0746. The fourth-order valence-electron chi connectivity index (χ4n) is 3.83. The second kappa shape index (κ2) is 8.84. The summed E-state index contributed by atoms with van der Waals surface area (Å²) in [6.45, 7) is 2.98. The predicted molar refractivity (Wildman–Crippen MR) is 126 cm³/mol. The summed E-state index contributed by atoms with van der Waals surface area (Å²) in [5.74, 6) is 0.666. The molecule has 0 spiro atoms. The molecule has 0 unspecified atom stereocenters. The van der Waals surface area contributed by atoms with Crippen LogP contribution in [0.3, 0.4) is 0 Å². The summed E-state index contributed by atoms with van der Waals surface area (Å²) in [6, 6.07) is 15.4. The molecule has 10 heteroatoms. The van der Waals surface area contributed by atoms with Crippen LogP contribution in [0.15, 0.2) is 59.3 Å². The minimum absolute atomic E-state index is 0.0717. The highest BCUT2D eigenvalue weighted by Crippen LogP contribution is 2.25. The molecule has 0 atom stereocenters. The summed E-state index contributed by atoms with van der Waals surface area (Å²) in [6.07, 6.45) is 1.54. The van der Waals surface area contributed by atoms with Gasteiger partial charge in [-0.05, 0) is 23.8 Å². The van der Waals surface area contributed by atoms with E-state index in [-0.39, 0.29) is 5.91 Å². The zero-order valence-corrected chi connectivity index (χ0v) is 19.4. The van der Waals surface area contributed by atoms with Crippen LogP contribution in [0.1, 0.15) is 15.9 Å². The number of halogens is 2. The number of hydrogen-bond donors (Lipinski definition) is 0. The summed E-state index contributed by atoms with van der Waals surface area (Å²) in [7, 11) is 0. The van der Waals surface area contributed by atoms with Crippen LogP contribution in [0.4, 0.5) is 5.82 Å². The second-order valence-corrected chi connectivity index (χ2v) is 8.83. The largest absolute Gasteiger partial charge is 0.351 e. The Morgan fingerprint density at radius 2 is 1.81 bits per heavy atom. The molecule has 5 rings (SSSR count). The molecule has 0 N–H and O–H groups in total. The third-order valence-corrected chi connectivity index (χ3v) is 6.30. The smallest absolute Gasteiger partial charge is 0.255 e. The molecule has 0 radical (unpaired) electrons. The van der Waals surface area contributed by atoms with Gasteiger partial charge in [-0.1, -0.05) is 63.1 Å². The van der Waals surface area contributed by atoms with Crippen molar-refractivity contribution in [3.63, 3.8) is 0 Å². The standard InChI is InChI=1S/C22H19BrClN7O/c23-16-6-7-18(24)17(12-16)22(32)30-10-8-29(9-11-30)20-19-21(26-14-25-20)31(28-27-19)13-15-4-2-1-3-5-15/h1-7,12,14H,8-11,13H2. The fourth-order valence-corrected chi connectivity index (χ4v) is 4.39. The Morgan fingerprint density at radius 1 is 1.03 bits per heavy atom. The molecule has 32 heavy (non-hydrogen) atoms. The number of piperazine rings is 1. The average molecular weight is 513 g/mol. The Hall–Kier alpha value is -3.04. The van der Waals surface area contributed by atoms with E-state index in [1.165, 1.54) is 0 Å². The lowest BCUT2D eigenvalue weighted by Crippen LogP contribution is -2.49. The van der Waals surface area contributed by atoms with Crippen molar-refractivity contribution in [2.75, 3.05) is 31.1 Å². The van der Waals surface area contributed by atoms with Crippen LogP contribution < -0.4 is 4.90 Å². The number of carbonyl (C=O) groups is 1. The summed E-state index contributed by atoms with van der Waals surface area (Å²) in [4.78, 5) is 25.8. The Morgan fingerprint density at radius 3 is 2.59 bits per heavy atom. The second-order valence-electron chi connectivity index (χ2n) is 7.51. The van der Waals surface area contributed by atoms with E-state index in [0.717, 1.165) is 15.9 Å². The highest BCUT2D eigenvalue weighted by Gasteiger charge is 2.26. The molecule has 1 amide bonds. The normalized spacial score (nSPS) is 14.2. The SMILES string of the molecule is O=C(c1cc(Br)ccc1Cl)N1CCN(c2ncnc3c2nnn3Cc2ccccc2)CC1. The third kappa shape index (κ3) is 4.05. The van der Waals surface area contributed by atoms with Crippen molar-refractivity contribution in [2.24, 2.45) is 0 Å². The minimum Gasteiger partial charge on any atom is -0.351 e. The van der Waals surface area contributed by atoms with Gasteiger partial charge in [0, 0.05) is 30.7 Å². The van der Waals surface area contributed by atoms with Gasteiger partial charge in [0.25, 0.3) is 5.91 Å². The molecule has 0 bridgehead atoms. The molecule has 1 aliphatic rings. The van der Waals surface area contributed by atoms with E-state index in [4.69, 9.17) is 11.6 Å². The van der Waals surface area contributed by atoms with Crippen LogP contribution in [0.5, 0.6) is 0 Å². The van der Waals surface area contributed by atoms with E-state index in [1.807, 2.05) is 41.3 Å². The molecule has 3 heterocycles. The van der Waals surface area contributed by atoms with Crippen molar-refractivity contribution < 1.29 is 4.79 Å². The zero-order chi connectivity index (χ0) is 22.1. The van der Waals surface area contributed by atoms with Crippen LogP contribution >= 0.6 is 27.5 Å². The van der Waals surface area contributed by atoms with Crippen molar-refractivity contribution in [2.45, 2.75) is 6.54 Å². The topological polar surface area (TPSA) is 80.0 Å². The van der Waals surface area contributed by atoms with Crippen LogP contribution in [-0.4, -0.2) is 61.9 Å². The molecular formula is C22H19BrClN7O. The van der Waals surface area contributed by atoms with E-state index in [2.05, 4.69) is 41.1 Å².